The Hall–Kier alpha value is -2.53. The molecule has 0 spiro atoms. The molecule has 0 aliphatic carbocycles. The van der Waals surface area contributed by atoms with Crippen LogP contribution in [0.25, 0.3) is 0 Å². The zero-order valence-corrected chi connectivity index (χ0v) is 18.8. The summed E-state index contributed by atoms with van der Waals surface area (Å²) in [5.41, 5.74) is 1.08. The van der Waals surface area contributed by atoms with Gasteiger partial charge in [0.15, 0.2) is 0 Å². The largest absolute Gasteiger partial charge is 0.497 e. The number of nitrogens with zero attached hydrogens (tertiary/aromatic N) is 1. The van der Waals surface area contributed by atoms with Crippen LogP contribution in [0.2, 0.25) is 0 Å². The molecule has 0 bridgehead atoms. The molecule has 0 saturated carbocycles. The molecular weight excluding hydrogens is 434 g/mol. The summed E-state index contributed by atoms with van der Waals surface area (Å²) in [6.45, 7) is 0.152. The summed E-state index contributed by atoms with van der Waals surface area (Å²) in [5.74, 6) is 0.415. The van der Waals surface area contributed by atoms with Crippen LogP contribution >= 0.6 is 0 Å². The number of aromatic nitrogens is 1. The van der Waals surface area contributed by atoms with Crippen LogP contribution in [0.3, 0.4) is 0 Å². The Morgan fingerprint density at radius 3 is 2.56 bits per heavy atom. The highest BCUT2D eigenvalue weighted by atomic mass is 32.2. The van der Waals surface area contributed by atoms with Crippen LogP contribution < -0.4 is 14.8 Å². The van der Waals surface area contributed by atoms with E-state index < -0.39 is 22.2 Å². The minimum absolute atomic E-state index is 0.102. The minimum atomic E-state index is -3.79. The number of hydrogen-bond acceptors (Lipinski definition) is 7. The molecule has 1 aromatic heterocycles. The number of aliphatic hydroxyl groups is 1. The van der Waals surface area contributed by atoms with Crippen molar-refractivity contribution >= 4 is 15.9 Å². The number of ether oxygens (including phenoxy) is 2. The third kappa shape index (κ3) is 6.73. The molecule has 1 aromatic carbocycles. The summed E-state index contributed by atoms with van der Waals surface area (Å²) in [5, 5.41) is 12.6. The molecule has 1 aliphatic heterocycles. The first-order valence-electron chi connectivity index (χ1n) is 10.5. The Kier molecular flexibility index (Phi) is 8.57. The molecule has 9 nitrogen and oxygen atoms in total. The number of aliphatic hydroxyl groups excluding tert-OH is 1. The molecule has 3 atom stereocenters. The second-order valence-corrected chi connectivity index (χ2v) is 9.33. The standard InChI is InChI=1S/C22H29N3O6S/c1-30-17-2-5-19(6-3-17)32(28,29)25-20-7-4-18(31-21(20)15-26)14-22(27)24-13-10-16-8-11-23-12-9-16/h2-3,5-6,8-9,11-12,18,20-21,25-26H,4,7,10,13-15H2,1H3,(H,24,27)/t18-,20-,21-/m0/s1. The first kappa shape index (κ1) is 24.1. The molecule has 0 unspecified atom stereocenters. The summed E-state index contributed by atoms with van der Waals surface area (Å²) >= 11 is 0. The van der Waals surface area contributed by atoms with Gasteiger partial charge in [-0.05, 0) is 61.2 Å². The molecular formula is C22H29N3O6S. The number of pyridine rings is 1. The Morgan fingerprint density at radius 2 is 1.91 bits per heavy atom. The fourth-order valence-electron chi connectivity index (χ4n) is 3.61. The van der Waals surface area contributed by atoms with Gasteiger partial charge in [-0.25, -0.2) is 13.1 Å². The summed E-state index contributed by atoms with van der Waals surface area (Å²) < 4.78 is 38.9. The maximum atomic E-state index is 12.7. The maximum absolute atomic E-state index is 12.7. The molecule has 174 valence electrons. The third-order valence-electron chi connectivity index (χ3n) is 5.37. The van der Waals surface area contributed by atoms with Gasteiger partial charge in [-0.15, -0.1) is 0 Å². The molecule has 2 heterocycles. The molecule has 2 aromatic rings. The van der Waals surface area contributed by atoms with E-state index in [-0.39, 0.29) is 29.9 Å². The molecule has 10 heteroatoms. The SMILES string of the molecule is COc1ccc(S(=O)(=O)N[C@H]2CC[C@@H](CC(=O)NCCc3ccncc3)O[C@H]2CO)cc1. The molecule has 0 radical (unpaired) electrons. The quantitative estimate of drug-likeness (QED) is 0.480. The predicted octanol–water partition coefficient (Wildman–Crippen LogP) is 1.03. The zero-order valence-electron chi connectivity index (χ0n) is 17.9. The molecule has 1 fully saturated rings. The fourth-order valence-corrected chi connectivity index (χ4v) is 4.91. The highest BCUT2D eigenvalue weighted by Gasteiger charge is 2.34. The van der Waals surface area contributed by atoms with Gasteiger partial charge in [0.1, 0.15) is 5.75 Å². The van der Waals surface area contributed by atoms with Gasteiger partial charge < -0.3 is 19.9 Å². The van der Waals surface area contributed by atoms with Crippen molar-refractivity contribution in [3.05, 3.63) is 54.4 Å². The van der Waals surface area contributed by atoms with Gasteiger partial charge in [-0.1, -0.05) is 0 Å². The lowest BCUT2D eigenvalue weighted by Gasteiger charge is -2.35. The van der Waals surface area contributed by atoms with E-state index in [1.54, 1.807) is 24.5 Å². The number of amides is 1. The van der Waals surface area contributed by atoms with Gasteiger partial charge in [0, 0.05) is 18.9 Å². The average Bonchev–Trinajstić information content (AvgIpc) is 2.80. The van der Waals surface area contributed by atoms with Crippen molar-refractivity contribution in [1.29, 1.82) is 0 Å². The van der Waals surface area contributed by atoms with E-state index in [1.807, 2.05) is 12.1 Å². The second kappa shape index (κ2) is 11.4. The number of rotatable bonds is 10. The molecule has 1 amide bonds. The van der Waals surface area contributed by atoms with Crippen LogP contribution in [-0.2, 0) is 26.0 Å². The molecule has 1 saturated heterocycles. The van der Waals surface area contributed by atoms with Crippen molar-refractivity contribution in [3.8, 4) is 5.75 Å². The van der Waals surface area contributed by atoms with E-state index in [9.17, 15) is 18.3 Å². The lowest BCUT2D eigenvalue weighted by Crippen LogP contribution is -2.51. The lowest BCUT2D eigenvalue weighted by atomic mass is 9.98. The summed E-state index contributed by atoms with van der Waals surface area (Å²) in [7, 11) is -2.28. The predicted molar refractivity (Wildman–Crippen MR) is 118 cm³/mol. The Morgan fingerprint density at radius 1 is 1.19 bits per heavy atom. The van der Waals surface area contributed by atoms with Crippen LogP contribution in [0, 0.1) is 0 Å². The van der Waals surface area contributed by atoms with E-state index >= 15 is 0 Å². The summed E-state index contributed by atoms with van der Waals surface area (Å²) in [4.78, 5) is 16.3. The van der Waals surface area contributed by atoms with Crippen LogP contribution in [0.15, 0.2) is 53.7 Å². The monoisotopic (exact) mass is 463 g/mol. The van der Waals surface area contributed by atoms with E-state index in [2.05, 4.69) is 15.0 Å². The number of carbonyl (C=O) groups excluding carboxylic acids is 1. The summed E-state index contributed by atoms with van der Waals surface area (Å²) in [6.07, 6.45) is 4.13. The first-order valence-corrected chi connectivity index (χ1v) is 12.0. The normalized spacial score (nSPS) is 21.1. The van der Waals surface area contributed by atoms with Gasteiger partial charge in [0.05, 0.1) is 43.3 Å². The summed E-state index contributed by atoms with van der Waals surface area (Å²) in [6, 6.07) is 9.26. The van der Waals surface area contributed by atoms with E-state index in [0.717, 1.165) is 5.56 Å². The van der Waals surface area contributed by atoms with Crippen LogP contribution in [0.4, 0.5) is 0 Å². The second-order valence-electron chi connectivity index (χ2n) is 7.62. The number of sulfonamides is 1. The van der Waals surface area contributed by atoms with Gasteiger partial charge in [0.25, 0.3) is 0 Å². The number of carbonyl (C=O) groups is 1. The molecule has 3 N–H and O–H groups in total. The number of hydrogen-bond donors (Lipinski definition) is 3. The minimum Gasteiger partial charge on any atom is -0.497 e. The number of benzene rings is 1. The Balaban J connectivity index is 1.48. The van der Waals surface area contributed by atoms with Crippen molar-refractivity contribution < 1.29 is 27.8 Å². The van der Waals surface area contributed by atoms with Crippen LogP contribution in [-0.4, -0.2) is 62.9 Å². The highest BCUT2D eigenvalue weighted by Crippen LogP contribution is 2.24. The van der Waals surface area contributed by atoms with Crippen molar-refractivity contribution in [2.75, 3.05) is 20.3 Å². The Labute approximate surface area is 188 Å². The fraction of sp³-hybridized carbons (Fsp3) is 0.455. The zero-order chi connectivity index (χ0) is 23.0. The first-order chi connectivity index (χ1) is 15.4. The smallest absolute Gasteiger partial charge is 0.240 e. The van der Waals surface area contributed by atoms with E-state index in [1.165, 1.54) is 19.2 Å². The average molecular weight is 464 g/mol. The molecule has 3 rings (SSSR count). The van der Waals surface area contributed by atoms with Crippen molar-refractivity contribution in [2.45, 2.75) is 48.8 Å². The Bertz CT molecular complexity index is 969. The van der Waals surface area contributed by atoms with Crippen molar-refractivity contribution in [2.24, 2.45) is 0 Å². The van der Waals surface area contributed by atoms with Crippen LogP contribution in [0.1, 0.15) is 24.8 Å². The van der Waals surface area contributed by atoms with Crippen LogP contribution in [0.5, 0.6) is 5.75 Å². The van der Waals surface area contributed by atoms with E-state index in [4.69, 9.17) is 9.47 Å². The molecule has 32 heavy (non-hydrogen) atoms. The van der Waals surface area contributed by atoms with Gasteiger partial charge >= 0.3 is 0 Å². The van der Waals surface area contributed by atoms with E-state index in [0.29, 0.717) is 31.6 Å². The number of methoxy groups -OCH3 is 1. The van der Waals surface area contributed by atoms with Crippen molar-refractivity contribution in [1.82, 2.24) is 15.0 Å². The third-order valence-corrected chi connectivity index (χ3v) is 6.88. The number of nitrogens with one attached hydrogen (secondary N) is 2. The van der Waals surface area contributed by atoms with Gasteiger partial charge in [-0.3, -0.25) is 9.78 Å². The van der Waals surface area contributed by atoms with Gasteiger partial charge in [-0.2, -0.15) is 0 Å². The highest BCUT2D eigenvalue weighted by molar-refractivity contribution is 7.89. The van der Waals surface area contributed by atoms with Crippen molar-refractivity contribution in [3.63, 3.8) is 0 Å². The lowest BCUT2D eigenvalue weighted by molar-refractivity contribution is -0.130. The maximum Gasteiger partial charge on any atom is 0.240 e. The topological polar surface area (TPSA) is 127 Å². The molecule has 1 aliphatic rings. The van der Waals surface area contributed by atoms with Gasteiger partial charge in [0.2, 0.25) is 15.9 Å².